The van der Waals surface area contributed by atoms with Crippen molar-refractivity contribution in [2.45, 2.75) is 50.2 Å². The monoisotopic (exact) mass is 447 g/mol. The first kappa shape index (κ1) is 22.4. The third kappa shape index (κ3) is 4.38. The zero-order valence-electron chi connectivity index (χ0n) is 18.7. The Morgan fingerprint density at radius 3 is 2.44 bits per heavy atom. The van der Waals surface area contributed by atoms with Gasteiger partial charge >= 0.3 is 0 Å². The third-order valence-electron chi connectivity index (χ3n) is 6.24. The number of rotatable bonds is 8. The van der Waals surface area contributed by atoms with Gasteiger partial charge in [0.15, 0.2) is 5.58 Å². The van der Waals surface area contributed by atoms with E-state index in [1.165, 1.54) is 0 Å². The number of nitrogens with zero attached hydrogens (tertiary/aromatic N) is 2. The number of para-hydroxylation sites is 1. The van der Waals surface area contributed by atoms with E-state index < -0.39 is 15.7 Å². The van der Waals surface area contributed by atoms with Crippen molar-refractivity contribution in [3.63, 3.8) is 0 Å². The van der Waals surface area contributed by atoms with Gasteiger partial charge in [-0.3, -0.25) is 10.1 Å². The van der Waals surface area contributed by atoms with E-state index in [4.69, 9.17) is 9.66 Å². The summed E-state index contributed by atoms with van der Waals surface area (Å²) in [4.78, 5) is 4.67. The molecule has 0 saturated heterocycles. The van der Waals surface area contributed by atoms with E-state index in [0.717, 1.165) is 39.9 Å². The summed E-state index contributed by atoms with van der Waals surface area (Å²) in [5, 5.41) is 11.3. The minimum absolute atomic E-state index is 0.0454. The molecule has 0 aliphatic rings. The summed E-state index contributed by atoms with van der Waals surface area (Å²) in [6.45, 7) is 6.11. The molecule has 166 valence electrons. The standard InChI is InChI=1S/C26H29N3O2S/c1-4-18(23-14-9-10-16-28-23)22(17-26(2,3)32(27)30)19-11-5-6-12-20(19)25-21-13-7-8-15-24(21)31-29-25/h5-16,18,22H,4,17,27H2,1-3H3/t18?,22-,32?/m0/s1. The van der Waals surface area contributed by atoms with Gasteiger partial charge in [-0.2, -0.15) is 0 Å². The Hall–Kier alpha value is -2.83. The zero-order chi connectivity index (χ0) is 22.7. The van der Waals surface area contributed by atoms with Crippen LogP contribution in [-0.2, 0) is 11.0 Å². The van der Waals surface area contributed by atoms with Crippen LogP contribution in [0.15, 0.2) is 77.4 Å². The highest BCUT2D eigenvalue weighted by Gasteiger charge is 2.35. The number of hydrogen-bond acceptors (Lipinski definition) is 4. The first-order valence-corrected chi connectivity index (χ1v) is 12.1. The molecule has 2 aromatic heterocycles. The van der Waals surface area contributed by atoms with E-state index >= 15 is 0 Å². The smallest absolute Gasteiger partial charge is 0.167 e. The average Bonchev–Trinajstić information content (AvgIpc) is 3.23. The molecule has 0 aliphatic carbocycles. The Kier molecular flexibility index (Phi) is 6.53. The highest BCUT2D eigenvalue weighted by Crippen LogP contribution is 2.45. The van der Waals surface area contributed by atoms with Crippen molar-refractivity contribution in [1.82, 2.24) is 10.1 Å². The molecule has 6 heteroatoms. The molecule has 32 heavy (non-hydrogen) atoms. The average molecular weight is 448 g/mol. The first-order valence-electron chi connectivity index (χ1n) is 10.9. The van der Waals surface area contributed by atoms with Gasteiger partial charge in [0.25, 0.3) is 0 Å². The molecular weight excluding hydrogens is 418 g/mol. The lowest BCUT2D eigenvalue weighted by Gasteiger charge is -2.33. The molecule has 0 bridgehead atoms. The van der Waals surface area contributed by atoms with Crippen LogP contribution >= 0.6 is 0 Å². The molecule has 4 aromatic rings. The van der Waals surface area contributed by atoms with Crippen molar-refractivity contribution >= 4 is 22.0 Å². The Labute approximate surface area is 191 Å². The fraction of sp³-hybridized carbons (Fsp3) is 0.308. The molecular formula is C26H29N3O2S. The Balaban J connectivity index is 1.89. The maximum Gasteiger partial charge on any atom is 0.167 e. The van der Waals surface area contributed by atoms with Gasteiger partial charge in [0.2, 0.25) is 0 Å². The van der Waals surface area contributed by atoms with E-state index in [1.54, 1.807) is 0 Å². The fourth-order valence-corrected chi connectivity index (χ4v) is 4.84. The Bertz CT molecular complexity index is 1220. The fourth-order valence-electron chi connectivity index (χ4n) is 4.49. The van der Waals surface area contributed by atoms with Crippen LogP contribution in [0, 0.1) is 0 Å². The number of benzene rings is 2. The number of fused-ring (bicyclic) bond motifs is 1. The molecule has 2 N–H and O–H groups in total. The summed E-state index contributed by atoms with van der Waals surface area (Å²) in [5.41, 5.74) is 4.77. The van der Waals surface area contributed by atoms with Crippen molar-refractivity contribution in [1.29, 1.82) is 0 Å². The van der Waals surface area contributed by atoms with E-state index in [9.17, 15) is 4.21 Å². The van der Waals surface area contributed by atoms with Crippen LogP contribution in [0.1, 0.15) is 56.7 Å². The molecule has 0 aliphatic heterocycles. The third-order valence-corrected chi connectivity index (χ3v) is 7.50. The summed E-state index contributed by atoms with van der Waals surface area (Å²) < 4.78 is 17.5. The molecule has 0 amide bonds. The Morgan fingerprint density at radius 2 is 1.72 bits per heavy atom. The number of aromatic nitrogens is 2. The minimum Gasteiger partial charge on any atom is -0.356 e. The van der Waals surface area contributed by atoms with E-state index in [-0.39, 0.29) is 11.8 Å². The van der Waals surface area contributed by atoms with Crippen molar-refractivity contribution in [2.24, 2.45) is 5.14 Å². The quantitative estimate of drug-likeness (QED) is 0.361. The van der Waals surface area contributed by atoms with Gasteiger partial charge in [-0.15, -0.1) is 0 Å². The molecule has 5 nitrogen and oxygen atoms in total. The summed E-state index contributed by atoms with van der Waals surface area (Å²) >= 11 is 0. The highest BCUT2D eigenvalue weighted by molar-refractivity contribution is 7.84. The van der Waals surface area contributed by atoms with Crippen LogP contribution in [0.4, 0.5) is 0 Å². The number of hydrogen-bond donors (Lipinski definition) is 1. The molecule has 2 unspecified atom stereocenters. The van der Waals surface area contributed by atoms with Gasteiger partial charge in [0.05, 0.1) is 15.7 Å². The van der Waals surface area contributed by atoms with Crippen LogP contribution in [0.3, 0.4) is 0 Å². The molecule has 0 saturated carbocycles. The van der Waals surface area contributed by atoms with E-state index in [1.807, 2.05) is 68.6 Å². The van der Waals surface area contributed by atoms with Crippen molar-refractivity contribution in [2.75, 3.05) is 0 Å². The molecule has 2 aromatic carbocycles. The summed E-state index contributed by atoms with van der Waals surface area (Å²) in [6, 6.07) is 22.2. The first-order chi connectivity index (χ1) is 15.4. The Morgan fingerprint density at radius 1 is 1.00 bits per heavy atom. The van der Waals surface area contributed by atoms with Gasteiger partial charge in [-0.05, 0) is 62.4 Å². The lowest BCUT2D eigenvalue weighted by atomic mass is 9.75. The predicted molar refractivity (Wildman–Crippen MR) is 130 cm³/mol. The van der Waals surface area contributed by atoms with Gasteiger partial charge in [-0.25, -0.2) is 4.21 Å². The molecule has 0 fully saturated rings. The van der Waals surface area contributed by atoms with Crippen LogP contribution in [0.25, 0.3) is 22.2 Å². The van der Waals surface area contributed by atoms with Crippen LogP contribution in [0.2, 0.25) is 0 Å². The lowest BCUT2D eigenvalue weighted by Crippen LogP contribution is -2.35. The van der Waals surface area contributed by atoms with E-state index in [0.29, 0.717) is 6.42 Å². The largest absolute Gasteiger partial charge is 0.356 e. The van der Waals surface area contributed by atoms with Crippen LogP contribution in [0.5, 0.6) is 0 Å². The topological polar surface area (TPSA) is 82.0 Å². The molecule has 3 atom stereocenters. The molecule has 0 spiro atoms. The van der Waals surface area contributed by atoms with E-state index in [2.05, 4.69) is 35.3 Å². The maximum atomic E-state index is 12.4. The second kappa shape index (κ2) is 9.35. The van der Waals surface area contributed by atoms with Gasteiger partial charge < -0.3 is 4.52 Å². The summed E-state index contributed by atoms with van der Waals surface area (Å²) in [5.74, 6) is 0.183. The maximum absolute atomic E-state index is 12.4. The van der Waals surface area contributed by atoms with Gasteiger partial charge in [-0.1, -0.05) is 54.5 Å². The van der Waals surface area contributed by atoms with Crippen LogP contribution in [-0.4, -0.2) is 19.1 Å². The van der Waals surface area contributed by atoms with Crippen LogP contribution < -0.4 is 5.14 Å². The second-order valence-electron chi connectivity index (χ2n) is 8.75. The molecule has 4 rings (SSSR count). The van der Waals surface area contributed by atoms with Gasteiger partial charge in [0.1, 0.15) is 5.69 Å². The van der Waals surface area contributed by atoms with Crippen molar-refractivity contribution in [3.05, 3.63) is 84.2 Å². The SMILES string of the molecule is CCC(c1ccccn1)[C@H](CC(C)(C)S(N)=O)c1ccccc1-c1noc2ccccc12. The minimum atomic E-state index is -1.47. The number of nitrogens with two attached hydrogens (primary N) is 1. The summed E-state index contributed by atoms with van der Waals surface area (Å²) in [6.07, 6.45) is 3.37. The predicted octanol–water partition coefficient (Wildman–Crippen LogP) is 5.96. The molecule has 2 heterocycles. The van der Waals surface area contributed by atoms with Gasteiger partial charge in [0, 0.05) is 28.8 Å². The highest BCUT2D eigenvalue weighted by atomic mass is 32.2. The normalized spacial score (nSPS) is 14.9. The zero-order valence-corrected chi connectivity index (χ0v) is 19.5. The second-order valence-corrected chi connectivity index (χ2v) is 10.5. The summed E-state index contributed by atoms with van der Waals surface area (Å²) in [7, 11) is -1.47. The van der Waals surface area contributed by atoms with Crippen molar-refractivity contribution < 1.29 is 8.73 Å². The lowest BCUT2D eigenvalue weighted by molar-refractivity contribution is 0.435. The van der Waals surface area contributed by atoms with Crippen molar-refractivity contribution in [3.8, 4) is 11.3 Å². The molecule has 0 radical (unpaired) electrons. The number of pyridine rings is 1.